The third-order valence-corrected chi connectivity index (χ3v) is 3.70. The van der Waals surface area contributed by atoms with Gasteiger partial charge in [-0.2, -0.15) is 0 Å². The fourth-order valence-corrected chi connectivity index (χ4v) is 2.54. The van der Waals surface area contributed by atoms with Crippen LogP contribution in [0.5, 0.6) is 0 Å². The monoisotopic (exact) mass is 281 g/mol. The molecule has 1 rings (SSSR count). The van der Waals surface area contributed by atoms with Crippen LogP contribution in [0.1, 0.15) is 53.0 Å². The van der Waals surface area contributed by atoms with E-state index in [0.717, 1.165) is 18.0 Å². The molecule has 0 amide bonds. The van der Waals surface area contributed by atoms with Crippen molar-refractivity contribution in [1.82, 2.24) is 5.32 Å². The SMILES string of the molecule is CCCC(C)(CNC(C)(C)C)Cc1ccc(Cl)cc1. The molecule has 0 fully saturated rings. The van der Waals surface area contributed by atoms with Crippen molar-refractivity contribution in [3.63, 3.8) is 0 Å². The normalized spacial score (nSPS) is 15.3. The summed E-state index contributed by atoms with van der Waals surface area (Å²) < 4.78 is 0. The van der Waals surface area contributed by atoms with Crippen molar-refractivity contribution in [2.24, 2.45) is 5.41 Å². The van der Waals surface area contributed by atoms with Gasteiger partial charge in [0.25, 0.3) is 0 Å². The van der Waals surface area contributed by atoms with Gasteiger partial charge < -0.3 is 5.32 Å². The molecule has 0 spiro atoms. The standard InChI is InChI=1S/C17H28ClN/c1-6-11-17(5,13-19-16(2,3)4)12-14-7-9-15(18)10-8-14/h7-10,19H,6,11-13H2,1-5H3. The average Bonchev–Trinajstić information content (AvgIpc) is 2.30. The molecule has 0 aromatic heterocycles. The van der Waals surface area contributed by atoms with Crippen molar-refractivity contribution in [3.05, 3.63) is 34.9 Å². The lowest BCUT2D eigenvalue weighted by atomic mass is 9.79. The third-order valence-electron chi connectivity index (χ3n) is 3.44. The predicted octanol–water partition coefficient (Wildman–Crippen LogP) is 5.08. The van der Waals surface area contributed by atoms with Gasteiger partial charge in [-0.1, -0.05) is 44.0 Å². The molecule has 0 saturated heterocycles. The molecule has 2 heteroatoms. The maximum Gasteiger partial charge on any atom is 0.0406 e. The Morgan fingerprint density at radius 2 is 1.63 bits per heavy atom. The Morgan fingerprint density at radius 1 is 1.05 bits per heavy atom. The molecule has 0 radical (unpaired) electrons. The molecular weight excluding hydrogens is 254 g/mol. The van der Waals surface area contributed by atoms with Crippen LogP contribution in [-0.4, -0.2) is 12.1 Å². The van der Waals surface area contributed by atoms with E-state index in [1.165, 1.54) is 18.4 Å². The molecule has 0 saturated carbocycles. The fraction of sp³-hybridized carbons (Fsp3) is 0.647. The predicted molar refractivity (Wildman–Crippen MR) is 85.9 cm³/mol. The highest BCUT2D eigenvalue weighted by Gasteiger charge is 2.25. The van der Waals surface area contributed by atoms with E-state index in [4.69, 9.17) is 11.6 Å². The fourth-order valence-electron chi connectivity index (χ4n) is 2.42. The van der Waals surface area contributed by atoms with Crippen LogP contribution >= 0.6 is 11.6 Å². The van der Waals surface area contributed by atoms with Crippen LogP contribution in [0.25, 0.3) is 0 Å². The van der Waals surface area contributed by atoms with Gasteiger partial charge in [0.15, 0.2) is 0 Å². The Hall–Kier alpha value is -0.530. The van der Waals surface area contributed by atoms with E-state index in [1.54, 1.807) is 0 Å². The maximum absolute atomic E-state index is 5.95. The summed E-state index contributed by atoms with van der Waals surface area (Å²) >= 11 is 5.95. The first-order valence-corrected chi connectivity index (χ1v) is 7.61. The van der Waals surface area contributed by atoms with Gasteiger partial charge in [-0.25, -0.2) is 0 Å². The van der Waals surface area contributed by atoms with Crippen molar-refractivity contribution in [1.29, 1.82) is 0 Å². The third kappa shape index (κ3) is 6.44. The average molecular weight is 282 g/mol. The first kappa shape index (κ1) is 16.5. The first-order valence-electron chi connectivity index (χ1n) is 7.24. The van der Waals surface area contributed by atoms with E-state index < -0.39 is 0 Å². The van der Waals surface area contributed by atoms with Crippen LogP contribution in [0.2, 0.25) is 5.02 Å². The molecule has 1 atom stereocenters. The zero-order chi connectivity index (χ0) is 14.5. The largest absolute Gasteiger partial charge is 0.312 e. The Labute approximate surface area is 123 Å². The maximum atomic E-state index is 5.95. The summed E-state index contributed by atoms with van der Waals surface area (Å²) in [6.45, 7) is 12.4. The Bertz CT molecular complexity index is 377. The quantitative estimate of drug-likeness (QED) is 0.767. The molecule has 0 aliphatic rings. The van der Waals surface area contributed by atoms with Crippen LogP contribution in [0, 0.1) is 5.41 Å². The minimum Gasteiger partial charge on any atom is -0.312 e. The summed E-state index contributed by atoms with van der Waals surface area (Å²) in [5, 5.41) is 4.47. The second-order valence-electron chi connectivity index (χ2n) is 6.97. The second kappa shape index (κ2) is 6.76. The molecule has 1 nitrogen and oxygen atoms in total. The number of rotatable bonds is 6. The van der Waals surface area contributed by atoms with Crippen LogP contribution in [0.3, 0.4) is 0 Å². The molecule has 1 aromatic carbocycles. The van der Waals surface area contributed by atoms with Crippen LogP contribution in [0.4, 0.5) is 0 Å². The summed E-state index contributed by atoms with van der Waals surface area (Å²) in [6.07, 6.45) is 3.55. The number of halogens is 1. The highest BCUT2D eigenvalue weighted by molar-refractivity contribution is 6.30. The highest BCUT2D eigenvalue weighted by Crippen LogP contribution is 2.28. The lowest BCUT2D eigenvalue weighted by molar-refractivity contribution is 0.244. The summed E-state index contributed by atoms with van der Waals surface area (Å²) in [4.78, 5) is 0. The summed E-state index contributed by atoms with van der Waals surface area (Å²) in [6, 6.07) is 8.27. The van der Waals surface area contributed by atoms with E-state index in [-0.39, 0.29) is 5.54 Å². The second-order valence-corrected chi connectivity index (χ2v) is 7.40. The van der Waals surface area contributed by atoms with Crippen molar-refractivity contribution >= 4 is 11.6 Å². The van der Waals surface area contributed by atoms with Gasteiger partial charge >= 0.3 is 0 Å². The highest BCUT2D eigenvalue weighted by atomic mass is 35.5. The van der Waals surface area contributed by atoms with Gasteiger partial charge in [0.2, 0.25) is 0 Å². The van der Waals surface area contributed by atoms with Gasteiger partial charge in [-0.15, -0.1) is 0 Å². The van der Waals surface area contributed by atoms with E-state index in [1.807, 2.05) is 12.1 Å². The Kier molecular flexibility index (Phi) is 5.88. The number of benzene rings is 1. The van der Waals surface area contributed by atoms with Crippen molar-refractivity contribution in [2.45, 2.75) is 59.4 Å². The zero-order valence-corrected chi connectivity index (χ0v) is 13.8. The van der Waals surface area contributed by atoms with Gasteiger partial charge in [0, 0.05) is 17.1 Å². The minimum absolute atomic E-state index is 0.176. The van der Waals surface area contributed by atoms with Crippen LogP contribution in [0.15, 0.2) is 24.3 Å². The molecule has 1 N–H and O–H groups in total. The molecule has 1 aromatic rings. The molecule has 108 valence electrons. The van der Waals surface area contributed by atoms with Crippen molar-refractivity contribution in [3.8, 4) is 0 Å². The van der Waals surface area contributed by atoms with Crippen LogP contribution in [-0.2, 0) is 6.42 Å². The summed E-state index contributed by atoms with van der Waals surface area (Å²) in [5.41, 5.74) is 1.85. The van der Waals surface area contributed by atoms with Gasteiger partial charge in [-0.3, -0.25) is 0 Å². The van der Waals surface area contributed by atoms with Gasteiger partial charge in [-0.05, 0) is 56.7 Å². The lowest BCUT2D eigenvalue weighted by Gasteiger charge is -2.34. The number of hydrogen-bond acceptors (Lipinski definition) is 1. The molecule has 0 aliphatic heterocycles. The molecule has 0 heterocycles. The van der Waals surface area contributed by atoms with E-state index in [0.29, 0.717) is 5.41 Å². The van der Waals surface area contributed by atoms with Crippen LogP contribution < -0.4 is 5.32 Å². The van der Waals surface area contributed by atoms with Crippen molar-refractivity contribution in [2.75, 3.05) is 6.54 Å². The van der Waals surface area contributed by atoms with Gasteiger partial charge in [0.1, 0.15) is 0 Å². The lowest BCUT2D eigenvalue weighted by Crippen LogP contribution is -2.43. The van der Waals surface area contributed by atoms with Crippen molar-refractivity contribution < 1.29 is 0 Å². The van der Waals surface area contributed by atoms with E-state index >= 15 is 0 Å². The molecule has 19 heavy (non-hydrogen) atoms. The minimum atomic E-state index is 0.176. The van der Waals surface area contributed by atoms with E-state index in [9.17, 15) is 0 Å². The summed E-state index contributed by atoms with van der Waals surface area (Å²) in [7, 11) is 0. The number of hydrogen-bond donors (Lipinski definition) is 1. The smallest absolute Gasteiger partial charge is 0.0406 e. The molecule has 0 aliphatic carbocycles. The van der Waals surface area contributed by atoms with Gasteiger partial charge in [0.05, 0.1) is 0 Å². The summed E-state index contributed by atoms with van der Waals surface area (Å²) in [5.74, 6) is 0. The Balaban J connectivity index is 2.72. The molecular formula is C17H28ClN. The zero-order valence-electron chi connectivity index (χ0n) is 13.0. The molecule has 0 bridgehead atoms. The molecule has 1 unspecified atom stereocenters. The number of nitrogens with one attached hydrogen (secondary N) is 1. The topological polar surface area (TPSA) is 12.0 Å². The first-order chi connectivity index (χ1) is 8.74. The Morgan fingerprint density at radius 3 is 2.11 bits per heavy atom. The van der Waals surface area contributed by atoms with E-state index in [2.05, 4.69) is 52.1 Å².